The van der Waals surface area contributed by atoms with Crippen molar-refractivity contribution in [2.24, 2.45) is 5.73 Å². The van der Waals surface area contributed by atoms with Gasteiger partial charge in [0.05, 0.1) is 17.7 Å². The predicted molar refractivity (Wildman–Crippen MR) is 83.1 cm³/mol. The number of ether oxygens (including phenoxy) is 1. The van der Waals surface area contributed by atoms with Gasteiger partial charge in [0.15, 0.2) is 0 Å². The number of nitrogens with two attached hydrogens (primary N) is 1. The van der Waals surface area contributed by atoms with E-state index in [1.54, 1.807) is 31.2 Å². The minimum atomic E-state index is -0.895. The van der Waals surface area contributed by atoms with Gasteiger partial charge in [-0.3, -0.25) is 4.79 Å². The van der Waals surface area contributed by atoms with Crippen molar-refractivity contribution in [3.8, 4) is 0 Å². The molecule has 1 unspecified atom stereocenters. The van der Waals surface area contributed by atoms with Crippen LogP contribution in [0.2, 0.25) is 0 Å². The van der Waals surface area contributed by atoms with Crippen molar-refractivity contribution in [1.82, 2.24) is 0 Å². The van der Waals surface area contributed by atoms with Gasteiger partial charge in [-0.1, -0.05) is 20.3 Å². The molecule has 1 atom stereocenters. The summed E-state index contributed by atoms with van der Waals surface area (Å²) in [4.78, 5) is 23.7. The van der Waals surface area contributed by atoms with Crippen molar-refractivity contribution in [3.05, 3.63) is 29.8 Å². The second kappa shape index (κ2) is 7.78. The molecule has 0 fully saturated rings. The topological polar surface area (TPSA) is 81.4 Å². The van der Waals surface area contributed by atoms with Gasteiger partial charge in [0, 0.05) is 5.69 Å². The van der Waals surface area contributed by atoms with Crippen LogP contribution in [-0.4, -0.2) is 24.0 Å². The smallest absolute Gasteiger partial charge is 0.338 e. The lowest BCUT2D eigenvalue weighted by atomic mass is 9.96. The molecule has 0 aliphatic rings. The van der Waals surface area contributed by atoms with E-state index in [-0.39, 0.29) is 11.9 Å². The number of rotatable bonds is 7. The predicted octanol–water partition coefficient (Wildman–Crippen LogP) is 2.71. The van der Waals surface area contributed by atoms with E-state index in [4.69, 9.17) is 10.5 Å². The fourth-order valence-electron chi connectivity index (χ4n) is 1.87. The van der Waals surface area contributed by atoms with Gasteiger partial charge in [-0.05, 0) is 44.0 Å². The Bertz CT molecular complexity index is 481. The summed E-state index contributed by atoms with van der Waals surface area (Å²) in [6, 6.07) is 6.59. The van der Waals surface area contributed by atoms with E-state index >= 15 is 0 Å². The van der Waals surface area contributed by atoms with Gasteiger partial charge in [-0.2, -0.15) is 0 Å². The van der Waals surface area contributed by atoms with Gasteiger partial charge in [0.25, 0.3) is 0 Å². The summed E-state index contributed by atoms with van der Waals surface area (Å²) in [7, 11) is 0. The highest BCUT2D eigenvalue weighted by molar-refractivity contribution is 5.98. The van der Waals surface area contributed by atoms with Gasteiger partial charge in [0.2, 0.25) is 5.91 Å². The van der Waals surface area contributed by atoms with E-state index in [0.717, 1.165) is 12.8 Å². The third kappa shape index (κ3) is 5.19. The first-order valence-corrected chi connectivity index (χ1v) is 7.28. The van der Waals surface area contributed by atoms with Crippen LogP contribution in [0.15, 0.2) is 24.3 Å². The molecule has 1 rings (SSSR count). The van der Waals surface area contributed by atoms with E-state index in [1.807, 2.05) is 13.8 Å². The van der Waals surface area contributed by atoms with Gasteiger partial charge >= 0.3 is 5.97 Å². The molecular formula is C16H24N2O3. The molecule has 0 aliphatic heterocycles. The Labute approximate surface area is 125 Å². The molecule has 0 radical (unpaired) electrons. The highest BCUT2D eigenvalue weighted by atomic mass is 16.5. The van der Waals surface area contributed by atoms with Crippen LogP contribution >= 0.6 is 0 Å². The molecule has 0 heterocycles. The first-order valence-electron chi connectivity index (χ1n) is 7.28. The van der Waals surface area contributed by atoms with E-state index in [2.05, 4.69) is 5.32 Å². The number of amides is 1. The summed E-state index contributed by atoms with van der Waals surface area (Å²) in [5, 5.41) is 2.76. The second-order valence-corrected chi connectivity index (χ2v) is 5.33. The quantitative estimate of drug-likeness (QED) is 0.757. The average molecular weight is 292 g/mol. The van der Waals surface area contributed by atoms with Crippen LogP contribution in [0.5, 0.6) is 0 Å². The number of benzene rings is 1. The molecule has 5 nitrogen and oxygen atoms in total. The van der Waals surface area contributed by atoms with Crippen molar-refractivity contribution in [2.45, 2.75) is 45.6 Å². The Morgan fingerprint density at radius 2 is 1.81 bits per heavy atom. The molecule has 0 saturated carbocycles. The van der Waals surface area contributed by atoms with Crippen LogP contribution in [0.25, 0.3) is 0 Å². The second-order valence-electron chi connectivity index (χ2n) is 5.33. The number of nitrogens with one attached hydrogen (secondary N) is 1. The number of esters is 1. The molecule has 1 amide bonds. The van der Waals surface area contributed by atoms with Gasteiger partial charge in [-0.25, -0.2) is 4.79 Å². The van der Waals surface area contributed by atoms with Crippen molar-refractivity contribution in [1.29, 1.82) is 0 Å². The Balaban J connectivity index is 2.66. The summed E-state index contributed by atoms with van der Waals surface area (Å²) >= 11 is 0. The fourth-order valence-corrected chi connectivity index (χ4v) is 1.87. The number of carbonyl (C=O) groups is 2. The Morgan fingerprint density at radius 1 is 1.19 bits per heavy atom. The third-order valence-electron chi connectivity index (χ3n) is 3.10. The minimum absolute atomic E-state index is 0.231. The Kier molecular flexibility index (Phi) is 6.37. The first kappa shape index (κ1) is 17.2. The van der Waals surface area contributed by atoms with Gasteiger partial charge in [0.1, 0.15) is 0 Å². The number of hydrogen-bond donors (Lipinski definition) is 2. The molecule has 3 N–H and O–H groups in total. The van der Waals surface area contributed by atoms with Crippen LogP contribution in [0, 0.1) is 0 Å². The van der Waals surface area contributed by atoms with Crippen molar-refractivity contribution >= 4 is 17.6 Å². The molecule has 0 aromatic heterocycles. The van der Waals surface area contributed by atoms with E-state index < -0.39 is 5.54 Å². The highest BCUT2D eigenvalue weighted by Crippen LogP contribution is 2.15. The maximum atomic E-state index is 12.1. The van der Waals surface area contributed by atoms with Crippen LogP contribution in [-0.2, 0) is 9.53 Å². The zero-order chi connectivity index (χ0) is 15.9. The minimum Gasteiger partial charge on any atom is -0.462 e. The molecule has 0 spiro atoms. The number of anilines is 1. The lowest BCUT2D eigenvalue weighted by molar-refractivity contribution is -0.120. The van der Waals surface area contributed by atoms with Crippen molar-refractivity contribution in [2.75, 3.05) is 11.9 Å². The molecular weight excluding hydrogens is 268 g/mol. The molecule has 0 bridgehead atoms. The van der Waals surface area contributed by atoms with Crippen LogP contribution in [0.1, 0.15) is 50.4 Å². The molecule has 1 aromatic carbocycles. The summed E-state index contributed by atoms with van der Waals surface area (Å²) in [5.41, 5.74) is 6.14. The lowest BCUT2D eigenvalue weighted by Gasteiger charge is -2.22. The van der Waals surface area contributed by atoms with E-state index in [1.165, 1.54) is 0 Å². The van der Waals surface area contributed by atoms with Gasteiger partial charge < -0.3 is 15.8 Å². The molecule has 0 aliphatic carbocycles. The molecule has 116 valence electrons. The standard InChI is InChI=1S/C16H24N2O3/c1-4-10-16(3,17)15(20)18-13-8-6-12(7-9-13)14(19)21-11-5-2/h6-9H,4-5,10-11,17H2,1-3H3,(H,18,20). The molecule has 1 aromatic rings. The largest absolute Gasteiger partial charge is 0.462 e. The average Bonchev–Trinajstić information content (AvgIpc) is 2.45. The molecule has 0 saturated heterocycles. The van der Waals surface area contributed by atoms with E-state index in [0.29, 0.717) is 24.3 Å². The van der Waals surface area contributed by atoms with E-state index in [9.17, 15) is 9.59 Å². The SMILES string of the molecule is CCCOC(=O)c1ccc(NC(=O)C(C)(N)CCC)cc1. The van der Waals surface area contributed by atoms with Crippen molar-refractivity contribution in [3.63, 3.8) is 0 Å². The summed E-state index contributed by atoms with van der Waals surface area (Å²) in [6.07, 6.45) is 2.23. The summed E-state index contributed by atoms with van der Waals surface area (Å²) in [6.45, 7) is 6.03. The third-order valence-corrected chi connectivity index (χ3v) is 3.10. The van der Waals surface area contributed by atoms with Gasteiger partial charge in [-0.15, -0.1) is 0 Å². The first-order chi connectivity index (χ1) is 9.90. The summed E-state index contributed by atoms with van der Waals surface area (Å²) < 4.78 is 5.04. The molecule has 5 heteroatoms. The zero-order valence-electron chi connectivity index (χ0n) is 12.9. The number of hydrogen-bond acceptors (Lipinski definition) is 4. The monoisotopic (exact) mass is 292 g/mol. The van der Waals surface area contributed by atoms with Crippen molar-refractivity contribution < 1.29 is 14.3 Å². The number of carbonyl (C=O) groups excluding carboxylic acids is 2. The summed E-state index contributed by atoms with van der Waals surface area (Å²) in [5.74, 6) is -0.588. The van der Waals surface area contributed by atoms with Crippen LogP contribution in [0.3, 0.4) is 0 Å². The maximum absolute atomic E-state index is 12.1. The van der Waals surface area contributed by atoms with Crippen LogP contribution < -0.4 is 11.1 Å². The Hall–Kier alpha value is -1.88. The van der Waals surface area contributed by atoms with Crippen LogP contribution in [0.4, 0.5) is 5.69 Å². The fraction of sp³-hybridized carbons (Fsp3) is 0.500. The maximum Gasteiger partial charge on any atom is 0.338 e. The normalized spacial score (nSPS) is 13.3. The highest BCUT2D eigenvalue weighted by Gasteiger charge is 2.27. The molecule has 21 heavy (non-hydrogen) atoms. The Morgan fingerprint density at radius 3 is 2.33 bits per heavy atom. The zero-order valence-corrected chi connectivity index (χ0v) is 12.9. The lowest BCUT2D eigenvalue weighted by Crippen LogP contribution is -2.48.